The number of amides is 1. The van der Waals surface area contributed by atoms with E-state index in [2.05, 4.69) is 15.4 Å². The maximum absolute atomic E-state index is 12.6. The molecule has 7 heteroatoms. The molecule has 4 rings (SSSR count). The van der Waals surface area contributed by atoms with Crippen LogP contribution >= 0.6 is 0 Å². The molecule has 3 aromatic rings. The molecule has 1 aliphatic rings. The highest BCUT2D eigenvalue weighted by molar-refractivity contribution is 5.93. The predicted molar refractivity (Wildman–Crippen MR) is 104 cm³/mol. The standard InChI is InChI=1S/C20H23N5O2/c1-12-15(13(2)24(3)23-12)7-9-19(26)21-14-6-8-17-16(11-14)20(27)25-10-4-5-18(25)22-17/h6,8,11H,4-5,7,9-10H2,1-3H3,(H,21,26). The van der Waals surface area contributed by atoms with Crippen LogP contribution < -0.4 is 10.9 Å². The molecule has 0 saturated heterocycles. The van der Waals surface area contributed by atoms with Gasteiger partial charge >= 0.3 is 0 Å². The van der Waals surface area contributed by atoms with E-state index in [1.165, 1.54) is 0 Å². The maximum atomic E-state index is 12.6. The van der Waals surface area contributed by atoms with E-state index in [0.29, 0.717) is 29.4 Å². The van der Waals surface area contributed by atoms with Gasteiger partial charge in [0.05, 0.1) is 16.6 Å². The van der Waals surface area contributed by atoms with E-state index in [0.717, 1.165) is 42.2 Å². The summed E-state index contributed by atoms with van der Waals surface area (Å²) in [5.41, 5.74) is 4.45. The summed E-state index contributed by atoms with van der Waals surface area (Å²) in [6, 6.07) is 5.34. The first-order valence-corrected chi connectivity index (χ1v) is 9.26. The van der Waals surface area contributed by atoms with Gasteiger partial charge in [-0.25, -0.2) is 4.98 Å². The van der Waals surface area contributed by atoms with Crippen LogP contribution in [0.5, 0.6) is 0 Å². The number of hydrogen-bond donors (Lipinski definition) is 1. The third kappa shape index (κ3) is 3.13. The van der Waals surface area contributed by atoms with E-state index < -0.39 is 0 Å². The van der Waals surface area contributed by atoms with Crippen molar-refractivity contribution in [2.75, 3.05) is 5.32 Å². The largest absolute Gasteiger partial charge is 0.326 e. The number of nitrogens with zero attached hydrogens (tertiary/aromatic N) is 4. The average molecular weight is 365 g/mol. The molecule has 7 nitrogen and oxygen atoms in total. The van der Waals surface area contributed by atoms with Crippen molar-refractivity contribution in [1.82, 2.24) is 19.3 Å². The number of aromatic nitrogens is 4. The highest BCUT2D eigenvalue weighted by Gasteiger charge is 2.17. The molecule has 2 aromatic heterocycles. The number of hydrogen-bond acceptors (Lipinski definition) is 4. The molecule has 27 heavy (non-hydrogen) atoms. The van der Waals surface area contributed by atoms with Crippen LogP contribution in [0.1, 0.15) is 35.6 Å². The second kappa shape index (κ2) is 6.64. The van der Waals surface area contributed by atoms with Crippen LogP contribution in [0.4, 0.5) is 5.69 Å². The molecule has 0 radical (unpaired) electrons. The van der Waals surface area contributed by atoms with Crippen molar-refractivity contribution in [3.63, 3.8) is 0 Å². The number of anilines is 1. The van der Waals surface area contributed by atoms with Gasteiger partial charge in [0.15, 0.2) is 0 Å². The minimum Gasteiger partial charge on any atom is -0.326 e. The van der Waals surface area contributed by atoms with Gasteiger partial charge in [-0.05, 0) is 50.5 Å². The Labute approximate surface area is 157 Å². The zero-order chi connectivity index (χ0) is 19.1. The number of carbonyl (C=O) groups excluding carboxylic acids is 1. The Balaban J connectivity index is 1.51. The molecule has 0 saturated carbocycles. The van der Waals surface area contributed by atoms with Crippen molar-refractivity contribution in [1.29, 1.82) is 0 Å². The molecule has 1 aliphatic heterocycles. The lowest BCUT2D eigenvalue weighted by Gasteiger charge is -2.09. The Morgan fingerprint density at radius 2 is 2.11 bits per heavy atom. The number of aryl methyl sites for hydroxylation is 3. The fraction of sp³-hybridized carbons (Fsp3) is 0.400. The Morgan fingerprint density at radius 3 is 2.85 bits per heavy atom. The second-order valence-corrected chi connectivity index (χ2v) is 7.14. The molecule has 0 spiro atoms. The third-order valence-corrected chi connectivity index (χ3v) is 5.36. The van der Waals surface area contributed by atoms with Crippen molar-refractivity contribution < 1.29 is 4.79 Å². The molecule has 1 N–H and O–H groups in total. The molecule has 0 bridgehead atoms. The quantitative estimate of drug-likeness (QED) is 0.769. The van der Waals surface area contributed by atoms with Gasteiger partial charge in [-0.3, -0.25) is 18.8 Å². The zero-order valence-electron chi connectivity index (χ0n) is 15.9. The molecule has 3 heterocycles. The minimum atomic E-state index is -0.0776. The van der Waals surface area contributed by atoms with E-state index in [1.807, 2.05) is 25.6 Å². The van der Waals surface area contributed by atoms with Gasteiger partial charge in [0.2, 0.25) is 5.91 Å². The van der Waals surface area contributed by atoms with Crippen molar-refractivity contribution in [3.8, 4) is 0 Å². The van der Waals surface area contributed by atoms with Crippen LogP contribution in [0.2, 0.25) is 0 Å². The number of fused-ring (bicyclic) bond motifs is 2. The van der Waals surface area contributed by atoms with Crippen LogP contribution in [0.25, 0.3) is 10.9 Å². The first-order valence-electron chi connectivity index (χ1n) is 9.26. The summed E-state index contributed by atoms with van der Waals surface area (Å²) in [5.74, 6) is 0.776. The number of benzene rings is 1. The smallest absolute Gasteiger partial charge is 0.261 e. The lowest BCUT2D eigenvalue weighted by molar-refractivity contribution is -0.116. The lowest BCUT2D eigenvalue weighted by Crippen LogP contribution is -2.21. The van der Waals surface area contributed by atoms with Gasteiger partial charge in [0.25, 0.3) is 5.56 Å². The topological polar surface area (TPSA) is 81.8 Å². The highest BCUT2D eigenvalue weighted by Crippen LogP contribution is 2.19. The molecule has 0 atom stereocenters. The molecule has 1 aromatic carbocycles. The summed E-state index contributed by atoms with van der Waals surface area (Å²) < 4.78 is 3.58. The number of rotatable bonds is 4. The van der Waals surface area contributed by atoms with E-state index >= 15 is 0 Å². The third-order valence-electron chi connectivity index (χ3n) is 5.36. The summed E-state index contributed by atoms with van der Waals surface area (Å²) in [6.07, 6.45) is 2.81. The molecule has 0 fully saturated rings. The molecular weight excluding hydrogens is 342 g/mol. The van der Waals surface area contributed by atoms with Gasteiger partial charge in [0, 0.05) is 37.8 Å². The fourth-order valence-corrected chi connectivity index (χ4v) is 3.80. The first kappa shape index (κ1) is 17.5. The Morgan fingerprint density at radius 1 is 1.30 bits per heavy atom. The first-order chi connectivity index (χ1) is 12.9. The average Bonchev–Trinajstić information content (AvgIpc) is 3.19. The van der Waals surface area contributed by atoms with Crippen molar-refractivity contribution in [2.24, 2.45) is 7.05 Å². The Bertz CT molecular complexity index is 1110. The van der Waals surface area contributed by atoms with Crippen LogP contribution in [-0.4, -0.2) is 25.2 Å². The van der Waals surface area contributed by atoms with Gasteiger partial charge in [-0.1, -0.05) is 0 Å². The van der Waals surface area contributed by atoms with Gasteiger partial charge < -0.3 is 5.32 Å². The lowest BCUT2D eigenvalue weighted by atomic mass is 10.1. The van der Waals surface area contributed by atoms with Crippen molar-refractivity contribution in [2.45, 2.75) is 46.1 Å². The van der Waals surface area contributed by atoms with E-state index in [1.54, 1.807) is 22.8 Å². The number of nitrogens with one attached hydrogen (secondary N) is 1. The molecule has 0 aliphatic carbocycles. The molecule has 0 unspecified atom stereocenters. The summed E-state index contributed by atoms with van der Waals surface area (Å²) in [6.45, 7) is 4.69. The Kier molecular flexibility index (Phi) is 4.30. The molecule has 1 amide bonds. The van der Waals surface area contributed by atoms with Crippen molar-refractivity contribution >= 4 is 22.5 Å². The van der Waals surface area contributed by atoms with Crippen LogP contribution in [0, 0.1) is 13.8 Å². The van der Waals surface area contributed by atoms with E-state index in [4.69, 9.17) is 0 Å². The van der Waals surface area contributed by atoms with Gasteiger partial charge in [-0.15, -0.1) is 0 Å². The van der Waals surface area contributed by atoms with Gasteiger partial charge in [-0.2, -0.15) is 5.10 Å². The van der Waals surface area contributed by atoms with E-state index in [-0.39, 0.29) is 11.5 Å². The summed E-state index contributed by atoms with van der Waals surface area (Å²) in [7, 11) is 1.91. The monoisotopic (exact) mass is 365 g/mol. The summed E-state index contributed by atoms with van der Waals surface area (Å²) in [5, 5.41) is 7.84. The zero-order valence-corrected chi connectivity index (χ0v) is 15.9. The summed E-state index contributed by atoms with van der Waals surface area (Å²) in [4.78, 5) is 29.6. The number of carbonyl (C=O) groups is 1. The SMILES string of the molecule is Cc1nn(C)c(C)c1CCC(=O)Nc1ccc2nc3n(c(=O)c2c1)CCC3. The van der Waals surface area contributed by atoms with Gasteiger partial charge in [0.1, 0.15) is 5.82 Å². The Hall–Kier alpha value is -2.96. The molecule has 140 valence electrons. The second-order valence-electron chi connectivity index (χ2n) is 7.14. The predicted octanol–water partition coefficient (Wildman–Crippen LogP) is 2.26. The van der Waals surface area contributed by atoms with Crippen LogP contribution in [0.3, 0.4) is 0 Å². The summed E-state index contributed by atoms with van der Waals surface area (Å²) >= 11 is 0. The van der Waals surface area contributed by atoms with E-state index in [9.17, 15) is 9.59 Å². The van der Waals surface area contributed by atoms with Crippen molar-refractivity contribution in [3.05, 3.63) is 51.3 Å². The normalized spacial score (nSPS) is 13.1. The minimum absolute atomic E-state index is 0.0230. The fourth-order valence-electron chi connectivity index (χ4n) is 3.80. The molecular formula is C20H23N5O2. The van der Waals surface area contributed by atoms with Crippen LogP contribution in [-0.2, 0) is 31.2 Å². The maximum Gasteiger partial charge on any atom is 0.261 e. The van der Waals surface area contributed by atoms with Crippen LogP contribution in [0.15, 0.2) is 23.0 Å². The highest BCUT2D eigenvalue weighted by atomic mass is 16.1.